The molecule has 0 spiro atoms. The molecule has 1 aromatic rings. The van der Waals surface area contributed by atoms with E-state index in [9.17, 15) is 9.90 Å². The van der Waals surface area contributed by atoms with Gasteiger partial charge in [-0.1, -0.05) is 25.3 Å². The van der Waals surface area contributed by atoms with E-state index >= 15 is 0 Å². The van der Waals surface area contributed by atoms with Crippen LogP contribution in [-0.4, -0.2) is 28.8 Å². The van der Waals surface area contributed by atoms with E-state index in [2.05, 4.69) is 4.98 Å². The number of carbonyl (C=O) groups is 1. The fourth-order valence-electron chi connectivity index (χ4n) is 3.75. The molecule has 0 saturated heterocycles. The third-order valence-corrected chi connectivity index (χ3v) is 5.09. The molecular formula is C18H25NO3. The molecule has 1 N–H and O–H groups in total. The predicted octanol–water partition coefficient (Wildman–Crippen LogP) is 3.06. The highest BCUT2D eigenvalue weighted by Gasteiger charge is 2.34. The van der Waals surface area contributed by atoms with Gasteiger partial charge in [-0.3, -0.25) is 9.78 Å². The topological polar surface area (TPSA) is 59.4 Å². The first kappa shape index (κ1) is 15.5. The maximum absolute atomic E-state index is 12.7. The third-order valence-electron chi connectivity index (χ3n) is 5.09. The van der Waals surface area contributed by atoms with Crippen LogP contribution >= 0.6 is 0 Å². The van der Waals surface area contributed by atoms with Crippen molar-refractivity contribution < 1.29 is 14.6 Å². The van der Waals surface area contributed by atoms with E-state index < -0.39 is 0 Å². The summed E-state index contributed by atoms with van der Waals surface area (Å²) >= 11 is 0. The van der Waals surface area contributed by atoms with Crippen LogP contribution in [-0.2, 0) is 9.53 Å². The van der Waals surface area contributed by atoms with Gasteiger partial charge in [0.1, 0.15) is 0 Å². The van der Waals surface area contributed by atoms with Crippen molar-refractivity contribution in [1.29, 1.82) is 0 Å². The average Bonchev–Trinajstić information content (AvgIpc) is 2.53. The summed E-state index contributed by atoms with van der Waals surface area (Å²) in [5, 5.41) is 9.33. The quantitative estimate of drug-likeness (QED) is 0.849. The van der Waals surface area contributed by atoms with Gasteiger partial charge in [0.25, 0.3) is 0 Å². The van der Waals surface area contributed by atoms with E-state index in [-0.39, 0.29) is 18.0 Å². The van der Waals surface area contributed by atoms with Crippen LogP contribution in [0.5, 0.6) is 0 Å². The molecule has 0 radical (unpaired) electrons. The number of aliphatic hydroxyl groups is 1. The van der Waals surface area contributed by atoms with Crippen LogP contribution < -0.4 is 0 Å². The molecule has 2 saturated carbocycles. The monoisotopic (exact) mass is 303 g/mol. The Morgan fingerprint density at radius 3 is 2.73 bits per heavy atom. The molecule has 1 atom stereocenters. The summed E-state index contributed by atoms with van der Waals surface area (Å²) in [5.74, 6) is 0.414. The highest BCUT2D eigenvalue weighted by Crippen LogP contribution is 2.37. The molecule has 120 valence electrons. The fourth-order valence-corrected chi connectivity index (χ4v) is 3.75. The minimum atomic E-state index is -0.198. The molecule has 0 aromatic carbocycles. The number of esters is 1. The van der Waals surface area contributed by atoms with Crippen molar-refractivity contribution in [3.05, 3.63) is 30.1 Å². The molecule has 2 fully saturated rings. The number of rotatable bonds is 5. The van der Waals surface area contributed by atoms with Crippen LogP contribution in [0.4, 0.5) is 0 Å². The van der Waals surface area contributed by atoms with E-state index in [4.69, 9.17) is 4.74 Å². The van der Waals surface area contributed by atoms with Crippen LogP contribution in [0.3, 0.4) is 0 Å². The number of hydrogen-bond donors (Lipinski definition) is 1. The summed E-state index contributed by atoms with van der Waals surface area (Å²) in [6.45, 7) is 0.444. The van der Waals surface area contributed by atoms with Gasteiger partial charge < -0.3 is 9.84 Å². The van der Waals surface area contributed by atoms with Crippen molar-refractivity contribution in [3.63, 3.8) is 0 Å². The first-order valence-electron chi connectivity index (χ1n) is 8.48. The van der Waals surface area contributed by atoms with E-state index in [0.717, 1.165) is 31.2 Å². The lowest BCUT2D eigenvalue weighted by atomic mass is 9.77. The van der Waals surface area contributed by atoms with Crippen molar-refractivity contribution in [2.45, 2.75) is 57.0 Å². The maximum atomic E-state index is 12.7. The number of hydrogen-bond acceptors (Lipinski definition) is 4. The molecule has 2 aliphatic carbocycles. The number of aromatic nitrogens is 1. The highest BCUT2D eigenvalue weighted by atomic mass is 16.5. The van der Waals surface area contributed by atoms with E-state index in [1.807, 2.05) is 12.1 Å². The van der Waals surface area contributed by atoms with Crippen molar-refractivity contribution in [3.8, 4) is 0 Å². The smallest absolute Gasteiger partial charge is 0.313 e. The Kier molecular flexibility index (Phi) is 5.08. The highest BCUT2D eigenvalue weighted by molar-refractivity contribution is 5.78. The van der Waals surface area contributed by atoms with Gasteiger partial charge in [-0.2, -0.15) is 0 Å². The Morgan fingerprint density at radius 1 is 1.32 bits per heavy atom. The lowest BCUT2D eigenvalue weighted by Crippen LogP contribution is -2.34. The number of pyridine rings is 1. The van der Waals surface area contributed by atoms with Gasteiger partial charge in [0.15, 0.2) is 0 Å². The Labute approximate surface area is 131 Å². The molecule has 1 heterocycles. The summed E-state index contributed by atoms with van der Waals surface area (Å²) in [6, 6.07) is 3.88. The summed E-state index contributed by atoms with van der Waals surface area (Å²) in [6.07, 6.45) is 10.7. The summed E-state index contributed by atoms with van der Waals surface area (Å²) < 4.78 is 5.59. The van der Waals surface area contributed by atoms with Gasteiger partial charge >= 0.3 is 5.97 Å². The van der Waals surface area contributed by atoms with Gasteiger partial charge in [-0.15, -0.1) is 0 Å². The second-order valence-electron chi connectivity index (χ2n) is 6.78. The molecule has 0 amide bonds. The zero-order valence-electron chi connectivity index (χ0n) is 13.0. The van der Waals surface area contributed by atoms with Gasteiger partial charge in [-0.05, 0) is 49.1 Å². The minimum Gasteiger partial charge on any atom is -0.465 e. The summed E-state index contributed by atoms with van der Waals surface area (Å²) in [7, 11) is 0. The first-order valence-corrected chi connectivity index (χ1v) is 8.48. The Balaban J connectivity index is 1.65. The molecule has 22 heavy (non-hydrogen) atoms. The van der Waals surface area contributed by atoms with Crippen LogP contribution in [0, 0.1) is 11.8 Å². The fraction of sp³-hybridized carbons (Fsp3) is 0.667. The Bertz CT molecular complexity index is 478. The number of nitrogens with zero attached hydrogens (tertiary/aromatic N) is 1. The van der Waals surface area contributed by atoms with Crippen LogP contribution in [0.25, 0.3) is 0 Å². The van der Waals surface area contributed by atoms with Crippen LogP contribution in [0.2, 0.25) is 0 Å². The van der Waals surface area contributed by atoms with E-state index in [1.165, 1.54) is 19.3 Å². The van der Waals surface area contributed by atoms with Crippen molar-refractivity contribution in [2.24, 2.45) is 11.8 Å². The second kappa shape index (κ2) is 7.23. The van der Waals surface area contributed by atoms with Crippen LogP contribution in [0.15, 0.2) is 24.5 Å². The molecule has 0 bridgehead atoms. The maximum Gasteiger partial charge on any atom is 0.313 e. The normalized spacial score (nSPS) is 27.0. The molecule has 4 heteroatoms. The van der Waals surface area contributed by atoms with E-state index in [1.54, 1.807) is 12.4 Å². The predicted molar refractivity (Wildman–Crippen MR) is 83.2 cm³/mol. The number of carbonyl (C=O) groups excluding carboxylic acids is 1. The minimum absolute atomic E-state index is 0.110. The number of ether oxygens (including phenoxy) is 1. The summed E-state index contributed by atoms with van der Waals surface area (Å²) in [4.78, 5) is 16.8. The largest absolute Gasteiger partial charge is 0.465 e. The lowest BCUT2D eigenvalue weighted by molar-refractivity contribution is -0.151. The van der Waals surface area contributed by atoms with Crippen molar-refractivity contribution >= 4 is 5.97 Å². The molecule has 2 aliphatic rings. The molecule has 4 nitrogen and oxygen atoms in total. The van der Waals surface area contributed by atoms with Gasteiger partial charge in [-0.25, -0.2) is 0 Å². The SMILES string of the molecule is O=C(OCC1CC(O)C1)C(c1cccnc1)C1CCCCC1. The zero-order valence-corrected chi connectivity index (χ0v) is 13.0. The zero-order chi connectivity index (χ0) is 15.4. The van der Waals surface area contributed by atoms with E-state index in [0.29, 0.717) is 18.4 Å². The third kappa shape index (κ3) is 3.67. The van der Waals surface area contributed by atoms with Crippen LogP contribution in [0.1, 0.15) is 56.4 Å². The van der Waals surface area contributed by atoms with Gasteiger partial charge in [0.05, 0.1) is 18.6 Å². The van der Waals surface area contributed by atoms with Crippen molar-refractivity contribution in [2.75, 3.05) is 6.61 Å². The van der Waals surface area contributed by atoms with Gasteiger partial charge in [0, 0.05) is 12.4 Å². The molecule has 3 rings (SSSR count). The average molecular weight is 303 g/mol. The second-order valence-corrected chi connectivity index (χ2v) is 6.78. The molecule has 1 aromatic heterocycles. The Morgan fingerprint density at radius 2 is 2.09 bits per heavy atom. The number of aliphatic hydroxyl groups excluding tert-OH is 1. The molecule has 0 aliphatic heterocycles. The standard InChI is InChI=1S/C18H25NO3/c20-16-9-13(10-16)12-22-18(21)17(14-5-2-1-3-6-14)15-7-4-8-19-11-15/h4,7-8,11,13-14,16-17,20H,1-3,5-6,9-10,12H2. The summed E-state index contributed by atoms with van der Waals surface area (Å²) in [5.41, 5.74) is 0.980. The first-order chi connectivity index (χ1) is 10.7. The van der Waals surface area contributed by atoms with Crippen molar-refractivity contribution in [1.82, 2.24) is 4.98 Å². The molecule has 1 unspecified atom stereocenters. The Hall–Kier alpha value is -1.42. The van der Waals surface area contributed by atoms with Gasteiger partial charge in [0.2, 0.25) is 0 Å². The lowest BCUT2D eigenvalue weighted by Gasteiger charge is -2.33. The molecular weight excluding hydrogens is 278 g/mol.